The molecule has 1 N–H and O–H groups in total. The van der Waals surface area contributed by atoms with Gasteiger partial charge in [-0.25, -0.2) is 14.8 Å². The number of hydrogen-bond acceptors (Lipinski definition) is 3. The Kier molecular flexibility index (Phi) is 4.94. The van der Waals surface area contributed by atoms with E-state index in [-0.39, 0.29) is 11.9 Å². The van der Waals surface area contributed by atoms with Crippen molar-refractivity contribution in [3.63, 3.8) is 0 Å². The Labute approximate surface area is 171 Å². The van der Waals surface area contributed by atoms with E-state index < -0.39 is 5.41 Å². The minimum Gasteiger partial charge on any atom is -0.497 e. The number of carbonyl (C=O) groups excluding carboxylic acids is 2. The van der Waals surface area contributed by atoms with Crippen molar-refractivity contribution in [1.29, 1.82) is 0 Å². The minimum atomic E-state index is -0.520. The predicted octanol–water partition coefficient (Wildman–Crippen LogP) is 4.03. The van der Waals surface area contributed by atoms with Crippen LogP contribution in [0.25, 0.3) is 0 Å². The number of anilines is 1. The van der Waals surface area contributed by atoms with Crippen LogP contribution in [0.1, 0.15) is 36.0 Å². The fraction of sp³-hybridized carbons (Fsp3) is 0.391. The van der Waals surface area contributed by atoms with Gasteiger partial charge in [0.2, 0.25) is 0 Å². The normalized spacial score (nSPS) is 17.2. The van der Waals surface area contributed by atoms with Crippen molar-refractivity contribution in [3.05, 3.63) is 59.2 Å². The van der Waals surface area contributed by atoms with E-state index in [1.807, 2.05) is 56.3 Å². The van der Waals surface area contributed by atoms with Crippen LogP contribution < -0.4 is 10.1 Å². The monoisotopic (exact) mass is 393 g/mol. The molecule has 6 nitrogen and oxygen atoms in total. The lowest BCUT2D eigenvalue weighted by molar-refractivity contribution is -0.142. The third kappa shape index (κ3) is 3.43. The van der Waals surface area contributed by atoms with Crippen molar-refractivity contribution < 1.29 is 14.3 Å². The van der Waals surface area contributed by atoms with Crippen molar-refractivity contribution >= 4 is 17.6 Å². The number of ether oxygens (including phenoxy) is 1. The van der Waals surface area contributed by atoms with Crippen LogP contribution in [-0.4, -0.2) is 42.2 Å². The molecule has 2 aromatic carbocycles. The van der Waals surface area contributed by atoms with Gasteiger partial charge in [0.1, 0.15) is 5.75 Å². The number of carbonyl (C=O) groups is 2. The molecule has 1 aliphatic heterocycles. The van der Waals surface area contributed by atoms with Crippen molar-refractivity contribution in [2.75, 3.05) is 25.5 Å². The second-order valence-electron chi connectivity index (χ2n) is 7.91. The maximum absolute atomic E-state index is 13.5. The smallest absolute Gasteiger partial charge is 0.340 e. The molecule has 0 radical (unpaired) electrons. The Bertz CT molecular complexity index is 915. The van der Waals surface area contributed by atoms with E-state index in [9.17, 15) is 9.59 Å². The van der Waals surface area contributed by atoms with Gasteiger partial charge in [-0.05, 0) is 61.9 Å². The molecule has 0 bridgehead atoms. The third-order valence-electron chi connectivity index (χ3n) is 6.02. The van der Waals surface area contributed by atoms with Crippen LogP contribution in [0.4, 0.5) is 10.5 Å². The Hall–Kier alpha value is -3.02. The first kappa shape index (κ1) is 19.3. The summed E-state index contributed by atoms with van der Waals surface area (Å²) in [5.41, 5.74) is 3.30. The van der Waals surface area contributed by atoms with Crippen LogP contribution in [0.2, 0.25) is 0 Å². The first-order valence-electron chi connectivity index (χ1n) is 10.1. The quantitative estimate of drug-likeness (QED) is 0.853. The maximum Gasteiger partial charge on any atom is 0.340 e. The molecule has 1 saturated heterocycles. The number of hydrogen-bond donors (Lipinski definition) is 1. The molecule has 4 rings (SSSR count). The zero-order valence-electron chi connectivity index (χ0n) is 17.2. The molecule has 1 aliphatic carbocycles. The average Bonchev–Trinajstić information content (AvgIpc) is 3.39. The van der Waals surface area contributed by atoms with Gasteiger partial charge >= 0.3 is 6.03 Å². The van der Waals surface area contributed by atoms with Gasteiger partial charge in [0.05, 0.1) is 12.5 Å². The fourth-order valence-corrected chi connectivity index (χ4v) is 4.13. The number of hydrazine groups is 1. The number of urea groups is 1. The predicted molar refractivity (Wildman–Crippen MR) is 112 cm³/mol. The van der Waals surface area contributed by atoms with E-state index in [0.717, 1.165) is 47.4 Å². The largest absolute Gasteiger partial charge is 0.497 e. The van der Waals surface area contributed by atoms with Gasteiger partial charge in [-0.2, -0.15) is 0 Å². The van der Waals surface area contributed by atoms with Gasteiger partial charge in [0.25, 0.3) is 5.91 Å². The average molecular weight is 393 g/mol. The topological polar surface area (TPSA) is 61.9 Å². The molecule has 1 saturated carbocycles. The molecule has 6 heteroatoms. The van der Waals surface area contributed by atoms with Crippen LogP contribution in [0, 0.1) is 13.8 Å². The molecule has 2 fully saturated rings. The van der Waals surface area contributed by atoms with Crippen LogP contribution >= 0.6 is 0 Å². The van der Waals surface area contributed by atoms with E-state index in [0.29, 0.717) is 13.1 Å². The molecule has 0 atom stereocenters. The van der Waals surface area contributed by atoms with Gasteiger partial charge in [0.15, 0.2) is 0 Å². The molecule has 152 valence electrons. The van der Waals surface area contributed by atoms with Crippen molar-refractivity contribution in [1.82, 2.24) is 10.0 Å². The number of nitrogens with one attached hydrogen (secondary N) is 1. The van der Waals surface area contributed by atoms with Crippen molar-refractivity contribution in [2.24, 2.45) is 0 Å². The van der Waals surface area contributed by atoms with Crippen LogP contribution in [0.15, 0.2) is 42.5 Å². The minimum absolute atomic E-state index is 0.0109. The summed E-state index contributed by atoms with van der Waals surface area (Å²) in [5.74, 6) is 0.782. The number of para-hydroxylation sites is 1. The molecule has 0 unspecified atom stereocenters. The Morgan fingerprint density at radius 3 is 2.17 bits per heavy atom. The summed E-state index contributed by atoms with van der Waals surface area (Å²) >= 11 is 0. The first-order chi connectivity index (χ1) is 14.0. The van der Waals surface area contributed by atoms with Gasteiger partial charge in [-0.3, -0.25) is 4.79 Å². The summed E-state index contributed by atoms with van der Waals surface area (Å²) in [6.07, 6.45) is 2.40. The lowest BCUT2D eigenvalue weighted by atomic mass is 9.94. The fourth-order valence-electron chi connectivity index (χ4n) is 4.13. The van der Waals surface area contributed by atoms with Crippen LogP contribution in [0.5, 0.6) is 5.75 Å². The second-order valence-corrected chi connectivity index (χ2v) is 7.91. The van der Waals surface area contributed by atoms with Gasteiger partial charge in [-0.15, -0.1) is 0 Å². The molecule has 1 heterocycles. The third-order valence-corrected chi connectivity index (χ3v) is 6.02. The number of nitrogens with zero attached hydrogens (tertiary/aromatic N) is 2. The second kappa shape index (κ2) is 7.43. The summed E-state index contributed by atoms with van der Waals surface area (Å²) in [5, 5.41) is 6.21. The lowest BCUT2D eigenvalue weighted by Crippen LogP contribution is -2.50. The summed E-state index contributed by atoms with van der Waals surface area (Å²) < 4.78 is 5.23. The highest BCUT2D eigenvalue weighted by atomic mass is 16.5. The number of methoxy groups -OCH3 is 1. The first-order valence-corrected chi connectivity index (χ1v) is 10.1. The van der Waals surface area contributed by atoms with Crippen molar-refractivity contribution in [2.45, 2.75) is 38.5 Å². The number of aryl methyl sites for hydroxylation is 2. The van der Waals surface area contributed by atoms with E-state index in [4.69, 9.17) is 4.74 Å². The van der Waals surface area contributed by atoms with Gasteiger partial charge in [-0.1, -0.05) is 30.3 Å². The lowest BCUT2D eigenvalue weighted by Gasteiger charge is -2.31. The molecular formula is C23H27N3O3. The van der Waals surface area contributed by atoms with Gasteiger partial charge < -0.3 is 10.1 Å². The highest BCUT2D eigenvalue weighted by Crippen LogP contribution is 2.50. The SMILES string of the molecule is COc1ccc(C2(C(=O)N3CCCN3C(=O)Nc3c(C)cccc3C)CC2)cc1. The summed E-state index contributed by atoms with van der Waals surface area (Å²) in [4.78, 5) is 26.5. The zero-order chi connectivity index (χ0) is 20.6. The summed E-state index contributed by atoms with van der Waals surface area (Å²) in [6.45, 7) is 5.05. The Morgan fingerprint density at radius 1 is 0.966 bits per heavy atom. The van der Waals surface area contributed by atoms with Crippen LogP contribution in [0.3, 0.4) is 0 Å². The molecule has 2 aliphatic rings. The van der Waals surface area contributed by atoms with E-state index in [1.54, 1.807) is 17.1 Å². The number of rotatable bonds is 4. The van der Waals surface area contributed by atoms with Gasteiger partial charge in [0, 0.05) is 18.8 Å². The Morgan fingerprint density at radius 2 is 1.59 bits per heavy atom. The maximum atomic E-state index is 13.5. The van der Waals surface area contributed by atoms with E-state index >= 15 is 0 Å². The number of benzene rings is 2. The Balaban J connectivity index is 1.53. The molecule has 0 aromatic heterocycles. The number of amides is 3. The van der Waals surface area contributed by atoms with Crippen molar-refractivity contribution in [3.8, 4) is 5.75 Å². The molecule has 0 spiro atoms. The summed E-state index contributed by atoms with van der Waals surface area (Å²) in [7, 11) is 1.63. The highest BCUT2D eigenvalue weighted by Gasteiger charge is 2.55. The van der Waals surface area contributed by atoms with Crippen LogP contribution in [-0.2, 0) is 10.2 Å². The van der Waals surface area contributed by atoms with E-state index in [1.165, 1.54) is 0 Å². The standard InChI is InChI=1S/C23H27N3O3/c1-16-6-4-7-17(2)20(16)24-22(28)26-15-5-14-25(26)21(27)23(12-13-23)18-8-10-19(29-3)11-9-18/h4,6-11H,5,12-15H2,1-3H3,(H,24,28). The molecule has 3 amide bonds. The molecule has 29 heavy (non-hydrogen) atoms. The van der Waals surface area contributed by atoms with E-state index in [2.05, 4.69) is 5.32 Å². The summed E-state index contributed by atoms with van der Waals surface area (Å²) in [6, 6.07) is 13.4. The molecule has 2 aromatic rings. The highest BCUT2D eigenvalue weighted by molar-refractivity contribution is 5.96. The zero-order valence-corrected chi connectivity index (χ0v) is 17.2. The molecular weight excluding hydrogens is 366 g/mol.